The number of carbonyl (C=O) groups excluding carboxylic acids is 1. The van der Waals surface area contributed by atoms with Crippen molar-refractivity contribution in [2.24, 2.45) is 5.10 Å². The van der Waals surface area contributed by atoms with Crippen molar-refractivity contribution in [3.63, 3.8) is 0 Å². The third-order valence-electron chi connectivity index (χ3n) is 4.28. The van der Waals surface area contributed by atoms with Gasteiger partial charge < -0.3 is 9.47 Å². The van der Waals surface area contributed by atoms with E-state index in [-0.39, 0.29) is 21.7 Å². The van der Waals surface area contributed by atoms with Crippen molar-refractivity contribution in [2.45, 2.75) is 18.1 Å². The second-order valence-corrected chi connectivity index (χ2v) is 8.92. The van der Waals surface area contributed by atoms with Crippen LogP contribution in [0.3, 0.4) is 0 Å². The first kappa shape index (κ1) is 26.8. The molecule has 14 heteroatoms. The first-order valence-electron chi connectivity index (χ1n) is 9.79. The predicted octanol–water partition coefficient (Wildman–Crippen LogP) is 5.11. The number of benzene rings is 3. The molecule has 0 saturated carbocycles. The van der Waals surface area contributed by atoms with Gasteiger partial charge >= 0.3 is 13.2 Å². The number of hydrazone groups is 1. The summed E-state index contributed by atoms with van der Waals surface area (Å²) in [5.41, 5.74) is 2.17. The zero-order valence-corrected chi connectivity index (χ0v) is 19.4. The van der Waals surface area contributed by atoms with Gasteiger partial charge in [0.05, 0.1) is 16.8 Å². The van der Waals surface area contributed by atoms with Gasteiger partial charge in [-0.15, -0.1) is 0 Å². The van der Waals surface area contributed by atoms with Gasteiger partial charge in [-0.3, -0.25) is 9.52 Å². The smallest absolute Gasteiger partial charge is 0.387 e. The molecule has 3 rings (SSSR count). The summed E-state index contributed by atoms with van der Waals surface area (Å²) in [6, 6.07) is 14.0. The highest BCUT2D eigenvalue weighted by Crippen LogP contribution is 2.26. The van der Waals surface area contributed by atoms with Crippen LogP contribution in [0, 0.1) is 0 Å². The monoisotopic (exact) mass is 545 g/mol. The number of halogens is 5. The first-order valence-corrected chi connectivity index (χ1v) is 11.6. The lowest BCUT2D eigenvalue weighted by Crippen LogP contribution is -2.19. The molecule has 2 N–H and O–H groups in total. The lowest BCUT2D eigenvalue weighted by atomic mass is 10.2. The van der Waals surface area contributed by atoms with E-state index in [1.54, 1.807) is 12.1 Å². The molecule has 8 nitrogen and oxygen atoms in total. The molecule has 1 amide bonds. The Balaban J connectivity index is 1.74. The highest BCUT2D eigenvalue weighted by atomic mass is 35.5. The van der Waals surface area contributed by atoms with Gasteiger partial charge in [0, 0.05) is 22.2 Å². The highest BCUT2D eigenvalue weighted by molar-refractivity contribution is 7.92. The molecule has 0 aromatic heterocycles. The summed E-state index contributed by atoms with van der Waals surface area (Å²) in [5, 5.41) is 3.95. The van der Waals surface area contributed by atoms with E-state index >= 15 is 0 Å². The maximum absolute atomic E-state index is 12.7. The van der Waals surface area contributed by atoms with E-state index in [2.05, 4.69) is 24.7 Å². The van der Waals surface area contributed by atoms with Crippen molar-refractivity contribution in [3.8, 4) is 11.5 Å². The lowest BCUT2D eigenvalue weighted by molar-refractivity contribution is -0.0543. The Bertz CT molecular complexity index is 1370. The lowest BCUT2D eigenvalue weighted by Gasteiger charge is -2.11. The number of nitrogens with zero attached hydrogens (tertiary/aromatic N) is 1. The minimum atomic E-state index is -4.06. The number of carbonyl (C=O) groups is 1. The van der Waals surface area contributed by atoms with E-state index in [9.17, 15) is 30.8 Å². The normalized spacial score (nSPS) is 11.6. The van der Waals surface area contributed by atoms with E-state index in [4.69, 9.17) is 11.6 Å². The molecule has 36 heavy (non-hydrogen) atoms. The van der Waals surface area contributed by atoms with Crippen LogP contribution in [0.4, 0.5) is 23.2 Å². The average molecular weight is 546 g/mol. The number of amides is 1. The number of nitrogens with one attached hydrogen (secondary N) is 2. The van der Waals surface area contributed by atoms with Crippen molar-refractivity contribution >= 4 is 39.4 Å². The molecular formula is C22H16ClF4N3O5S. The van der Waals surface area contributed by atoms with Crippen LogP contribution in [0.1, 0.15) is 15.9 Å². The van der Waals surface area contributed by atoms with Crippen LogP contribution in [0.15, 0.2) is 76.7 Å². The SMILES string of the molecule is O=C(NN=Cc1ccc(OC(F)F)cc1OC(F)F)c1cccc(S(=O)(=O)Nc2cccc(Cl)c2)c1. The fraction of sp³-hybridized carbons (Fsp3) is 0.0909. The maximum atomic E-state index is 12.7. The molecule has 0 saturated heterocycles. The van der Waals surface area contributed by atoms with E-state index < -0.39 is 40.7 Å². The molecule has 0 aliphatic heterocycles. The van der Waals surface area contributed by atoms with E-state index in [1.807, 2.05) is 0 Å². The molecule has 3 aromatic carbocycles. The molecule has 0 unspecified atom stereocenters. The molecule has 0 atom stereocenters. The van der Waals surface area contributed by atoms with Crippen molar-refractivity contribution in [1.82, 2.24) is 5.43 Å². The van der Waals surface area contributed by atoms with E-state index in [0.29, 0.717) is 5.02 Å². The van der Waals surface area contributed by atoms with Gasteiger partial charge in [0.2, 0.25) is 0 Å². The van der Waals surface area contributed by atoms with Crippen LogP contribution in [0.2, 0.25) is 5.02 Å². The largest absolute Gasteiger partial charge is 0.435 e. The number of rotatable bonds is 10. The van der Waals surface area contributed by atoms with Gasteiger partial charge in [0.15, 0.2) is 0 Å². The molecular weight excluding hydrogens is 530 g/mol. The third kappa shape index (κ3) is 7.58. The summed E-state index contributed by atoms with van der Waals surface area (Å²) in [6.07, 6.45) is 0.934. The molecule has 0 aliphatic rings. The summed E-state index contributed by atoms with van der Waals surface area (Å²) >= 11 is 5.86. The molecule has 3 aromatic rings. The van der Waals surface area contributed by atoms with Gasteiger partial charge in [0.1, 0.15) is 11.5 Å². The quantitative estimate of drug-likeness (QED) is 0.209. The van der Waals surface area contributed by atoms with Gasteiger partial charge in [-0.1, -0.05) is 23.7 Å². The Hall–Kier alpha value is -3.84. The fourth-order valence-electron chi connectivity index (χ4n) is 2.79. The van der Waals surface area contributed by atoms with Gasteiger partial charge in [-0.25, -0.2) is 13.8 Å². The van der Waals surface area contributed by atoms with Crippen LogP contribution < -0.4 is 19.6 Å². The van der Waals surface area contributed by atoms with Crippen LogP contribution >= 0.6 is 11.6 Å². The topological polar surface area (TPSA) is 106 Å². The number of hydrogen-bond acceptors (Lipinski definition) is 6. The van der Waals surface area contributed by atoms with E-state index in [0.717, 1.165) is 30.5 Å². The standard InChI is InChI=1S/C22H16ClF4N3O5S/c23-15-4-2-5-16(10-15)30-36(32,33)18-6-1-3-13(9-18)20(31)29-28-12-14-7-8-17(34-21(24)25)11-19(14)35-22(26)27/h1-12,21-22,30H,(H,29,31). The van der Waals surface area contributed by atoms with Crippen LogP contribution in [-0.4, -0.2) is 33.8 Å². The summed E-state index contributed by atoms with van der Waals surface area (Å²) in [7, 11) is -4.06. The summed E-state index contributed by atoms with van der Waals surface area (Å²) in [6.45, 7) is -6.44. The average Bonchev–Trinajstić information content (AvgIpc) is 2.79. The number of anilines is 1. The second-order valence-electron chi connectivity index (χ2n) is 6.80. The zero-order valence-electron chi connectivity index (χ0n) is 17.9. The van der Waals surface area contributed by atoms with Crippen LogP contribution in [0.5, 0.6) is 11.5 Å². The van der Waals surface area contributed by atoms with Crippen LogP contribution in [-0.2, 0) is 10.0 Å². The molecule has 0 bridgehead atoms. The summed E-state index contributed by atoms with van der Waals surface area (Å²) < 4.78 is 86.1. The van der Waals surface area contributed by atoms with Gasteiger partial charge in [-0.2, -0.15) is 22.7 Å². The predicted molar refractivity (Wildman–Crippen MR) is 123 cm³/mol. The Labute approximate surface area is 207 Å². The van der Waals surface area contributed by atoms with E-state index in [1.165, 1.54) is 30.3 Å². The molecule has 0 fully saturated rings. The Morgan fingerprint density at radius 2 is 1.67 bits per heavy atom. The minimum Gasteiger partial charge on any atom is -0.435 e. The van der Waals surface area contributed by atoms with Crippen molar-refractivity contribution in [3.05, 3.63) is 82.9 Å². The molecule has 0 heterocycles. The van der Waals surface area contributed by atoms with Crippen molar-refractivity contribution in [2.75, 3.05) is 4.72 Å². The fourth-order valence-corrected chi connectivity index (χ4v) is 4.08. The molecule has 0 spiro atoms. The second kappa shape index (κ2) is 11.7. The molecule has 0 radical (unpaired) electrons. The number of hydrogen-bond donors (Lipinski definition) is 2. The Kier molecular flexibility index (Phi) is 8.72. The van der Waals surface area contributed by atoms with Gasteiger partial charge in [-0.05, 0) is 48.5 Å². The zero-order chi connectivity index (χ0) is 26.3. The van der Waals surface area contributed by atoms with Crippen molar-refractivity contribution < 1.29 is 40.2 Å². The van der Waals surface area contributed by atoms with Crippen molar-refractivity contribution in [1.29, 1.82) is 0 Å². The maximum Gasteiger partial charge on any atom is 0.387 e. The Morgan fingerprint density at radius 1 is 0.944 bits per heavy atom. The number of ether oxygens (including phenoxy) is 2. The third-order valence-corrected chi connectivity index (χ3v) is 5.89. The molecule has 190 valence electrons. The summed E-state index contributed by atoms with van der Waals surface area (Å²) in [5.74, 6) is -1.77. The first-order chi connectivity index (χ1) is 17.0. The number of alkyl halides is 4. The minimum absolute atomic E-state index is 0.0779. The highest BCUT2D eigenvalue weighted by Gasteiger charge is 2.17. The summed E-state index contributed by atoms with van der Waals surface area (Å²) in [4.78, 5) is 12.2. The number of sulfonamides is 1. The Morgan fingerprint density at radius 3 is 2.36 bits per heavy atom. The molecule has 0 aliphatic carbocycles. The van der Waals surface area contributed by atoms with Gasteiger partial charge in [0.25, 0.3) is 15.9 Å². The van der Waals surface area contributed by atoms with Crippen LogP contribution in [0.25, 0.3) is 0 Å².